The minimum absolute atomic E-state index is 0.0498. The highest BCUT2D eigenvalue weighted by Gasteiger charge is 2.77. The van der Waals surface area contributed by atoms with E-state index in [1.54, 1.807) is 0 Å². The molecule has 8 fully saturated rings. The fourth-order valence-electron chi connectivity index (χ4n) is 5.69. The monoisotopic (exact) mass is 296 g/mol. The van der Waals surface area contributed by atoms with Gasteiger partial charge in [-0.15, -0.1) is 0 Å². The third-order valence-corrected chi connectivity index (χ3v) is 6.88. The van der Waals surface area contributed by atoms with E-state index in [-0.39, 0.29) is 66.1 Å². The average Bonchev–Trinajstić information content (AvgIpc) is 3.34. The summed E-state index contributed by atoms with van der Waals surface area (Å²) in [5, 5.41) is 20.5. The van der Waals surface area contributed by atoms with Gasteiger partial charge < -0.3 is 29.2 Å². The average molecular weight is 296 g/mol. The van der Waals surface area contributed by atoms with Gasteiger partial charge in [0, 0.05) is 11.8 Å². The third kappa shape index (κ3) is 1.21. The summed E-state index contributed by atoms with van der Waals surface area (Å²) in [6, 6.07) is 0. The van der Waals surface area contributed by atoms with E-state index in [9.17, 15) is 10.2 Å². The highest BCUT2D eigenvalue weighted by Crippen LogP contribution is 2.63. The van der Waals surface area contributed by atoms with Crippen molar-refractivity contribution >= 4 is 0 Å². The molecule has 6 saturated heterocycles. The standard InChI is InChI=1S/C15H20O6/c1-15(2,3-7-5(16)11(18-7)13-9(3)20-13)4-8-6(17)12(19-8)14-10(4)21-14/h3-14,16-17H,1-2H3. The van der Waals surface area contributed by atoms with Gasteiger partial charge in [0.05, 0.1) is 24.4 Å². The summed E-state index contributed by atoms with van der Waals surface area (Å²) < 4.78 is 23.2. The maximum absolute atomic E-state index is 10.2. The largest absolute Gasteiger partial charge is 0.388 e. The summed E-state index contributed by atoms with van der Waals surface area (Å²) in [5.74, 6) is 0.260. The minimum atomic E-state index is -0.419. The summed E-state index contributed by atoms with van der Waals surface area (Å²) in [5.41, 5.74) is -0.174. The van der Waals surface area contributed by atoms with Crippen molar-refractivity contribution in [3.63, 3.8) is 0 Å². The van der Waals surface area contributed by atoms with Crippen LogP contribution >= 0.6 is 0 Å². The van der Waals surface area contributed by atoms with Crippen molar-refractivity contribution in [1.82, 2.24) is 0 Å². The van der Waals surface area contributed by atoms with Crippen LogP contribution in [0.1, 0.15) is 13.8 Å². The van der Waals surface area contributed by atoms with Gasteiger partial charge in [-0.3, -0.25) is 0 Å². The third-order valence-electron chi connectivity index (χ3n) is 6.88. The number of ether oxygens (including phenoxy) is 4. The lowest BCUT2D eigenvalue weighted by Gasteiger charge is -2.58. The molecule has 21 heavy (non-hydrogen) atoms. The number of epoxide rings is 2. The Morgan fingerprint density at radius 2 is 0.952 bits per heavy atom. The zero-order valence-corrected chi connectivity index (χ0v) is 12.0. The van der Waals surface area contributed by atoms with Crippen LogP contribution in [0.2, 0.25) is 0 Å². The molecule has 8 rings (SSSR count). The van der Waals surface area contributed by atoms with Gasteiger partial charge in [0.2, 0.25) is 0 Å². The predicted molar refractivity (Wildman–Crippen MR) is 67.4 cm³/mol. The molecule has 0 amide bonds. The molecule has 2 N–H and O–H groups in total. The predicted octanol–water partition coefficient (Wildman–Crippen LogP) is -0.936. The molecule has 8 aliphatic rings. The number of hydrogen-bond acceptors (Lipinski definition) is 6. The molecule has 116 valence electrons. The number of aliphatic hydroxyl groups excluding tert-OH is 2. The van der Waals surface area contributed by atoms with Crippen molar-refractivity contribution < 1.29 is 29.2 Å². The zero-order chi connectivity index (χ0) is 14.3. The zero-order valence-electron chi connectivity index (χ0n) is 12.0. The van der Waals surface area contributed by atoms with Crippen molar-refractivity contribution in [3.8, 4) is 0 Å². The lowest BCUT2D eigenvalue weighted by Crippen LogP contribution is -2.72. The molecule has 0 aromatic carbocycles. The topological polar surface area (TPSA) is 84.0 Å². The van der Waals surface area contributed by atoms with E-state index >= 15 is 0 Å². The molecule has 0 spiro atoms. The second kappa shape index (κ2) is 3.32. The Kier molecular flexibility index (Phi) is 1.93. The minimum Gasteiger partial charge on any atom is -0.388 e. The Balaban J connectivity index is 1.36. The molecule has 6 heterocycles. The highest BCUT2D eigenvalue weighted by molar-refractivity contribution is 5.23. The normalized spacial score (nSPS) is 69.1. The van der Waals surface area contributed by atoms with Gasteiger partial charge in [-0.2, -0.15) is 0 Å². The van der Waals surface area contributed by atoms with E-state index in [2.05, 4.69) is 13.8 Å². The second-order valence-electron chi connectivity index (χ2n) is 8.12. The molecule has 2 saturated carbocycles. The van der Waals surface area contributed by atoms with Crippen LogP contribution in [0.15, 0.2) is 0 Å². The summed E-state index contributed by atoms with van der Waals surface area (Å²) in [4.78, 5) is 0. The SMILES string of the molecule is CC(C)(C1C2OC(C2O)C2OC21)C1C2OC(C2O)C2OC21. The Morgan fingerprint density at radius 1 is 0.571 bits per heavy atom. The van der Waals surface area contributed by atoms with Crippen LogP contribution in [0.4, 0.5) is 0 Å². The molecule has 0 radical (unpaired) electrons. The first-order valence-electron chi connectivity index (χ1n) is 7.98. The van der Waals surface area contributed by atoms with E-state index in [0.717, 1.165) is 0 Å². The van der Waals surface area contributed by atoms with Gasteiger partial charge >= 0.3 is 0 Å². The lowest BCUT2D eigenvalue weighted by atomic mass is 9.55. The van der Waals surface area contributed by atoms with Crippen LogP contribution in [-0.2, 0) is 18.9 Å². The van der Waals surface area contributed by atoms with Crippen molar-refractivity contribution in [2.45, 2.75) is 74.9 Å². The Labute approximate surface area is 122 Å². The van der Waals surface area contributed by atoms with E-state index in [4.69, 9.17) is 18.9 Å². The van der Waals surface area contributed by atoms with Gasteiger partial charge in [0.1, 0.15) is 36.6 Å². The van der Waals surface area contributed by atoms with Crippen LogP contribution in [0.25, 0.3) is 0 Å². The molecule has 0 aromatic heterocycles. The quantitative estimate of drug-likeness (QED) is 0.640. The summed E-state index contributed by atoms with van der Waals surface area (Å²) in [6.07, 6.45) is -0.936. The fourth-order valence-corrected chi connectivity index (χ4v) is 5.69. The molecule has 2 aliphatic carbocycles. The Hall–Kier alpha value is -0.240. The summed E-state index contributed by atoms with van der Waals surface area (Å²) in [7, 11) is 0. The van der Waals surface area contributed by atoms with Gasteiger partial charge in [-0.1, -0.05) is 13.8 Å². The number of hydrogen-bond donors (Lipinski definition) is 2. The first-order valence-corrected chi connectivity index (χ1v) is 7.98. The first kappa shape index (κ1) is 12.2. The second-order valence-corrected chi connectivity index (χ2v) is 8.12. The molecule has 0 aromatic rings. The maximum atomic E-state index is 10.2. The Morgan fingerprint density at radius 3 is 1.33 bits per heavy atom. The molecule has 6 nitrogen and oxygen atoms in total. The number of aliphatic hydroxyl groups is 2. The van der Waals surface area contributed by atoms with Crippen LogP contribution in [0, 0.1) is 17.3 Å². The highest BCUT2D eigenvalue weighted by atomic mass is 16.7. The van der Waals surface area contributed by atoms with Crippen molar-refractivity contribution in [3.05, 3.63) is 0 Å². The molecule has 12 atom stereocenters. The molecule has 4 bridgehead atoms. The molecular weight excluding hydrogens is 276 g/mol. The van der Waals surface area contributed by atoms with Crippen LogP contribution in [-0.4, -0.2) is 71.3 Å². The molecule has 12 unspecified atom stereocenters. The van der Waals surface area contributed by atoms with Gasteiger partial charge in [-0.05, 0) is 5.41 Å². The van der Waals surface area contributed by atoms with E-state index in [0.29, 0.717) is 0 Å². The van der Waals surface area contributed by atoms with Crippen molar-refractivity contribution in [2.75, 3.05) is 0 Å². The van der Waals surface area contributed by atoms with Gasteiger partial charge in [0.25, 0.3) is 0 Å². The summed E-state index contributed by atoms with van der Waals surface area (Å²) in [6.45, 7) is 4.37. The van der Waals surface area contributed by atoms with E-state index < -0.39 is 12.2 Å². The van der Waals surface area contributed by atoms with Gasteiger partial charge in [-0.25, -0.2) is 0 Å². The smallest absolute Gasteiger partial charge is 0.115 e. The van der Waals surface area contributed by atoms with Gasteiger partial charge in [0.15, 0.2) is 0 Å². The fraction of sp³-hybridized carbons (Fsp3) is 1.00. The van der Waals surface area contributed by atoms with Crippen LogP contribution < -0.4 is 0 Å². The van der Waals surface area contributed by atoms with Crippen molar-refractivity contribution in [2.24, 2.45) is 17.3 Å². The Bertz CT molecular complexity index is 474. The van der Waals surface area contributed by atoms with E-state index in [1.807, 2.05) is 0 Å². The first-order chi connectivity index (χ1) is 10.00. The molecule has 6 heteroatoms. The summed E-state index contributed by atoms with van der Waals surface area (Å²) >= 11 is 0. The van der Waals surface area contributed by atoms with Crippen molar-refractivity contribution in [1.29, 1.82) is 0 Å². The number of rotatable bonds is 2. The van der Waals surface area contributed by atoms with Crippen LogP contribution in [0.3, 0.4) is 0 Å². The van der Waals surface area contributed by atoms with Crippen LogP contribution in [0.5, 0.6) is 0 Å². The van der Waals surface area contributed by atoms with E-state index in [1.165, 1.54) is 0 Å². The lowest BCUT2D eigenvalue weighted by molar-refractivity contribution is -0.299. The molecule has 6 aliphatic heterocycles. The molecular formula is C15H20O6. The maximum Gasteiger partial charge on any atom is 0.115 e.